The summed E-state index contributed by atoms with van der Waals surface area (Å²) in [6, 6.07) is 17.1. The molecule has 35 heavy (non-hydrogen) atoms. The molecule has 3 N–H and O–H groups in total. The molecule has 11 heteroatoms. The molecule has 0 aromatic heterocycles. The van der Waals surface area contributed by atoms with Gasteiger partial charge in [0.1, 0.15) is 0 Å². The van der Waals surface area contributed by atoms with E-state index in [-0.39, 0.29) is 15.7 Å². The molecule has 0 aliphatic rings. The van der Waals surface area contributed by atoms with Gasteiger partial charge in [-0.25, -0.2) is 8.42 Å². The van der Waals surface area contributed by atoms with Crippen molar-refractivity contribution < 1.29 is 18.1 Å². The minimum atomic E-state index is -3.79. The predicted octanol–water partition coefficient (Wildman–Crippen LogP) is 4.54. The number of nitrogens with zero attached hydrogens (tertiary/aromatic N) is 1. The molecule has 0 aliphatic carbocycles. The molecule has 1 amide bonds. The fourth-order valence-corrected chi connectivity index (χ4v) is 4.50. The van der Waals surface area contributed by atoms with Gasteiger partial charge in [-0.15, -0.1) is 0 Å². The number of nitro groups is 1. The Labute approximate surface area is 208 Å². The second-order valence-corrected chi connectivity index (χ2v) is 9.61. The molecule has 3 rings (SSSR count). The third-order valence-electron chi connectivity index (χ3n) is 4.91. The molecule has 0 saturated heterocycles. The highest BCUT2D eigenvalue weighted by Gasteiger charge is 2.16. The molecule has 180 valence electrons. The SMILES string of the molecule is Cc1cccc(C)c1NS(=O)(=O)c1ccc(NC(=S)NC(=O)/C=C/c2ccc([N+](=O)[O-])cc2)cc1. The maximum absolute atomic E-state index is 12.8. The number of hydrogen-bond donors (Lipinski definition) is 3. The van der Waals surface area contributed by atoms with Crippen LogP contribution in [0.1, 0.15) is 16.7 Å². The molecule has 0 radical (unpaired) electrons. The number of thiocarbonyl (C=S) groups is 1. The zero-order chi connectivity index (χ0) is 25.6. The number of non-ortho nitro benzene ring substituents is 1. The van der Waals surface area contributed by atoms with Gasteiger partial charge >= 0.3 is 0 Å². The van der Waals surface area contributed by atoms with Gasteiger partial charge in [-0.3, -0.25) is 24.9 Å². The van der Waals surface area contributed by atoms with Crippen LogP contribution in [0.25, 0.3) is 6.08 Å². The molecular weight excluding hydrogens is 488 g/mol. The van der Waals surface area contributed by atoms with Gasteiger partial charge in [0.2, 0.25) is 5.91 Å². The van der Waals surface area contributed by atoms with Crippen molar-refractivity contribution >= 4 is 56.4 Å². The van der Waals surface area contributed by atoms with E-state index in [1.54, 1.807) is 0 Å². The number of hydrogen-bond acceptors (Lipinski definition) is 6. The second-order valence-electron chi connectivity index (χ2n) is 7.52. The van der Waals surface area contributed by atoms with Crippen molar-refractivity contribution in [1.82, 2.24) is 5.32 Å². The average molecular weight is 511 g/mol. The molecule has 9 nitrogen and oxygen atoms in total. The monoisotopic (exact) mass is 510 g/mol. The maximum atomic E-state index is 12.8. The van der Waals surface area contributed by atoms with E-state index in [4.69, 9.17) is 12.2 Å². The van der Waals surface area contributed by atoms with Crippen LogP contribution >= 0.6 is 12.2 Å². The van der Waals surface area contributed by atoms with E-state index in [9.17, 15) is 23.3 Å². The lowest BCUT2D eigenvalue weighted by molar-refractivity contribution is -0.384. The maximum Gasteiger partial charge on any atom is 0.269 e. The second kappa shape index (κ2) is 10.9. The molecule has 3 aromatic rings. The van der Waals surface area contributed by atoms with Gasteiger partial charge in [0.15, 0.2) is 5.11 Å². The zero-order valence-corrected chi connectivity index (χ0v) is 20.4. The van der Waals surface area contributed by atoms with Crippen LogP contribution in [0, 0.1) is 24.0 Å². The summed E-state index contributed by atoms with van der Waals surface area (Å²) in [4.78, 5) is 22.3. The van der Waals surface area contributed by atoms with Crippen molar-refractivity contribution in [2.24, 2.45) is 0 Å². The van der Waals surface area contributed by atoms with Crippen LogP contribution in [0.2, 0.25) is 0 Å². The molecule has 0 aliphatic heterocycles. The Bertz CT molecular complexity index is 1380. The van der Waals surface area contributed by atoms with Crippen LogP contribution in [0.3, 0.4) is 0 Å². The molecule has 0 saturated carbocycles. The normalized spacial score (nSPS) is 11.1. The van der Waals surface area contributed by atoms with Crippen LogP contribution in [0.5, 0.6) is 0 Å². The molecule has 0 atom stereocenters. The first-order valence-electron chi connectivity index (χ1n) is 10.3. The lowest BCUT2D eigenvalue weighted by Crippen LogP contribution is -2.32. The number of amides is 1. The number of anilines is 2. The molecule has 0 bridgehead atoms. The van der Waals surface area contributed by atoms with Crippen molar-refractivity contribution in [3.8, 4) is 0 Å². The van der Waals surface area contributed by atoms with E-state index < -0.39 is 20.9 Å². The van der Waals surface area contributed by atoms with Crippen LogP contribution in [-0.2, 0) is 14.8 Å². The van der Waals surface area contributed by atoms with Gasteiger partial charge in [0.25, 0.3) is 15.7 Å². The number of rotatable bonds is 7. The molecule has 0 heterocycles. The number of aryl methyl sites for hydroxylation is 2. The Kier molecular flexibility index (Phi) is 7.94. The number of sulfonamides is 1. The highest BCUT2D eigenvalue weighted by Crippen LogP contribution is 2.24. The summed E-state index contributed by atoms with van der Waals surface area (Å²) < 4.78 is 28.2. The van der Waals surface area contributed by atoms with Crippen molar-refractivity contribution in [3.05, 3.63) is 99.6 Å². The standard InChI is InChI=1S/C24H22N4O5S2/c1-16-4-3-5-17(2)23(16)27-35(32,33)21-13-9-19(10-14-21)25-24(34)26-22(29)15-8-18-6-11-20(12-7-18)28(30)31/h3-15,27H,1-2H3,(H2,25,26,29,34)/b15-8+. The van der Waals surface area contributed by atoms with Gasteiger partial charge in [-0.1, -0.05) is 18.2 Å². The van der Waals surface area contributed by atoms with Gasteiger partial charge in [-0.05, 0) is 85.2 Å². The third-order valence-corrected chi connectivity index (χ3v) is 6.48. The number of nitrogens with one attached hydrogen (secondary N) is 3. The van der Waals surface area contributed by atoms with E-state index in [2.05, 4.69) is 15.4 Å². The van der Waals surface area contributed by atoms with Crippen LogP contribution in [0.15, 0.2) is 77.7 Å². The van der Waals surface area contributed by atoms with Crippen molar-refractivity contribution in [2.45, 2.75) is 18.7 Å². The van der Waals surface area contributed by atoms with Gasteiger partial charge in [0.05, 0.1) is 15.5 Å². The first-order valence-corrected chi connectivity index (χ1v) is 12.2. The summed E-state index contributed by atoms with van der Waals surface area (Å²) >= 11 is 5.13. The van der Waals surface area contributed by atoms with Crippen LogP contribution in [0.4, 0.5) is 17.1 Å². The van der Waals surface area contributed by atoms with E-state index in [0.717, 1.165) is 11.1 Å². The molecular formula is C24H22N4O5S2. The fourth-order valence-electron chi connectivity index (χ4n) is 3.08. The number of para-hydroxylation sites is 1. The minimum Gasteiger partial charge on any atom is -0.332 e. The number of nitro benzene ring substituents is 1. The number of benzene rings is 3. The highest BCUT2D eigenvalue weighted by atomic mass is 32.2. The Morgan fingerprint density at radius 2 is 1.57 bits per heavy atom. The number of carbonyl (C=O) groups excluding carboxylic acids is 1. The van der Waals surface area contributed by atoms with Crippen molar-refractivity contribution in [1.29, 1.82) is 0 Å². The average Bonchev–Trinajstić information content (AvgIpc) is 2.81. The summed E-state index contributed by atoms with van der Waals surface area (Å²) in [5, 5.41) is 16.0. The molecule has 3 aromatic carbocycles. The lowest BCUT2D eigenvalue weighted by atomic mass is 10.1. The van der Waals surface area contributed by atoms with E-state index in [1.807, 2.05) is 32.0 Å². The van der Waals surface area contributed by atoms with Gasteiger partial charge in [0, 0.05) is 23.9 Å². The summed E-state index contributed by atoms with van der Waals surface area (Å²) in [6.07, 6.45) is 2.73. The number of carbonyl (C=O) groups is 1. The third kappa shape index (κ3) is 6.95. The van der Waals surface area contributed by atoms with E-state index in [1.165, 1.54) is 60.7 Å². The van der Waals surface area contributed by atoms with Crippen molar-refractivity contribution in [2.75, 3.05) is 10.0 Å². The predicted molar refractivity (Wildman–Crippen MR) is 140 cm³/mol. The van der Waals surface area contributed by atoms with Crippen LogP contribution < -0.4 is 15.4 Å². The summed E-state index contributed by atoms with van der Waals surface area (Å²) in [5.41, 5.74) is 3.22. The summed E-state index contributed by atoms with van der Waals surface area (Å²) in [6.45, 7) is 3.66. The summed E-state index contributed by atoms with van der Waals surface area (Å²) in [7, 11) is -3.79. The Balaban J connectivity index is 1.58. The first-order chi connectivity index (χ1) is 16.5. The largest absolute Gasteiger partial charge is 0.332 e. The molecule has 0 unspecified atom stereocenters. The highest BCUT2D eigenvalue weighted by molar-refractivity contribution is 7.92. The Hall–Kier alpha value is -4.09. The topological polar surface area (TPSA) is 130 Å². The van der Waals surface area contributed by atoms with Gasteiger partial charge in [-0.2, -0.15) is 0 Å². The first kappa shape index (κ1) is 25.5. The molecule has 0 spiro atoms. The minimum absolute atomic E-state index is 0.0209. The lowest BCUT2D eigenvalue weighted by Gasteiger charge is -2.14. The Morgan fingerprint density at radius 1 is 0.971 bits per heavy atom. The van der Waals surface area contributed by atoms with Crippen molar-refractivity contribution in [3.63, 3.8) is 0 Å². The quantitative estimate of drug-likeness (QED) is 0.184. The van der Waals surface area contributed by atoms with Crippen LogP contribution in [-0.4, -0.2) is 24.4 Å². The smallest absolute Gasteiger partial charge is 0.269 e. The summed E-state index contributed by atoms with van der Waals surface area (Å²) in [5.74, 6) is -0.502. The van der Waals surface area contributed by atoms with E-state index >= 15 is 0 Å². The fraction of sp³-hybridized carbons (Fsp3) is 0.0833. The Morgan fingerprint density at radius 3 is 2.14 bits per heavy atom. The zero-order valence-electron chi connectivity index (χ0n) is 18.8. The van der Waals surface area contributed by atoms with E-state index in [0.29, 0.717) is 16.9 Å². The molecule has 0 fully saturated rings. The van der Waals surface area contributed by atoms with Gasteiger partial charge < -0.3 is 5.32 Å².